The molecule has 1 saturated heterocycles. The molecule has 0 bridgehead atoms. The summed E-state index contributed by atoms with van der Waals surface area (Å²) in [6.07, 6.45) is 4.84. The Labute approximate surface area is 110 Å². The van der Waals surface area contributed by atoms with E-state index < -0.39 is 11.6 Å². The van der Waals surface area contributed by atoms with Crippen LogP contribution in [0.3, 0.4) is 0 Å². The molecule has 0 aromatic rings. The molecule has 1 aliphatic carbocycles. The molecule has 102 valence electrons. The maximum absolute atomic E-state index is 12.1. The average Bonchev–Trinajstić information content (AvgIpc) is 2.73. The Morgan fingerprint density at radius 1 is 1.37 bits per heavy atom. The SMILES string of the molecule is CCC1(C2C=CC3=C(C2)OCCO3)NC(=O)NC1=O. The van der Waals surface area contributed by atoms with E-state index in [9.17, 15) is 9.59 Å². The number of hydrogen-bond donors (Lipinski definition) is 2. The van der Waals surface area contributed by atoms with Crippen LogP contribution in [0.4, 0.5) is 4.79 Å². The maximum Gasteiger partial charge on any atom is 0.322 e. The molecule has 6 nitrogen and oxygen atoms in total. The molecule has 0 aromatic carbocycles. The van der Waals surface area contributed by atoms with Crippen LogP contribution in [0.1, 0.15) is 19.8 Å². The second-order valence-corrected chi connectivity index (χ2v) is 4.89. The first-order valence-corrected chi connectivity index (χ1v) is 6.46. The molecule has 3 amide bonds. The van der Waals surface area contributed by atoms with Gasteiger partial charge in [-0.2, -0.15) is 0 Å². The van der Waals surface area contributed by atoms with Gasteiger partial charge in [0.05, 0.1) is 0 Å². The molecule has 0 saturated carbocycles. The molecule has 2 N–H and O–H groups in total. The van der Waals surface area contributed by atoms with Crippen molar-refractivity contribution in [3.8, 4) is 0 Å². The normalized spacial score (nSPS) is 33.2. The monoisotopic (exact) mass is 264 g/mol. The smallest absolute Gasteiger partial charge is 0.322 e. The third-order valence-electron chi connectivity index (χ3n) is 3.94. The van der Waals surface area contributed by atoms with Crippen molar-refractivity contribution in [1.82, 2.24) is 10.6 Å². The molecule has 3 rings (SSSR count). The van der Waals surface area contributed by atoms with E-state index in [2.05, 4.69) is 10.6 Å². The summed E-state index contributed by atoms with van der Waals surface area (Å²) in [6, 6.07) is -0.430. The average molecular weight is 264 g/mol. The zero-order valence-corrected chi connectivity index (χ0v) is 10.7. The Morgan fingerprint density at radius 3 is 2.84 bits per heavy atom. The summed E-state index contributed by atoms with van der Waals surface area (Å²) in [5, 5.41) is 5.08. The van der Waals surface area contributed by atoms with Gasteiger partial charge in [-0.15, -0.1) is 0 Å². The second kappa shape index (κ2) is 4.29. The van der Waals surface area contributed by atoms with E-state index in [-0.39, 0.29) is 11.8 Å². The molecule has 3 aliphatic rings. The van der Waals surface area contributed by atoms with E-state index in [1.54, 1.807) is 0 Å². The van der Waals surface area contributed by atoms with Crippen molar-refractivity contribution in [3.63, 3.8) is 0 Å². The number of allylic oxidation sites excluding steroid dienone is 2. The predicted molar refractivity (Wildman–Crippen MR) is 65.9 cm³/mol. The van der Waals surface area contributed by atoms with Crippen LogP contribution in [0.25, 0.3) is 0 Å². The van der Waals surface area contributed by atoms with Gasteiger partial charge in [-0.25, -0.2) is 4.79 Å². The standard InChI is InChI=1S/C13H16N2O4/c1-2-13(11(16)14-12(17)15-13)8-3-4-9-10(7-8)19-6-5-18-9/h3-4,8H,2,5-7H2,1H3,(H2,14,15,16,17). The molecule has 2 atom stereocenters. The molecule has 0 spiro atoms. The summed E-state index contributed by atoms with van der Waals surface area (Å²) in [5.41, 5.74) is -0.882. The van der Waals surface area contributed by atoms with Gasteiger partial charge in [-0.3, -0.25) is 10.1 Å². The largest absolute Gasteiger partial charge is 0.490 e. The van der Waals surface area contributed by atoms with Crippen molar-refractivity contribution >= 4 is 11.9 Å². The molecule has 0 radical (unpaired) electrons. The minimum Gasteiger partial charge on any atom is -0.490 e. The van der Waals surface area contributed by atoms with E-state index >= 15 is 0 Å². The highest BCUT2D eigenvalue weighted by molar-refractivity contribution is 6.07. The van der Waals surface area contributed by atoms with Crippen LogP contribution >= 0.6 is 0 Å². The third kappa shape index (κ3) is 1.78. The highest BCUT2D eigenvalue weighted by Crippen LogP contribution is 2.36. The van der Waals surface area contributed by atoms with Crippen molar-refractivity contribution in [2.45, 2.75) is 25.3 Å². The summed E-state index contributed by atoms with van der Waals surface area (Å²) in [7, 11) is 0. The number of carbonyl (C=O) groups is 2. The number of nitrogens with one attached hydrogen (secondary N) is 2. The first-order chi connectivity index (χ1) is 9.15. The van der Waals surface area contributed by atoms with Crippen molar-refractivity contribution in [2.75, 3.05) is 13.2 Å². The van der Waals surface area contributed by atoms with Crippen LogP contribution in [0, 0.1) is 5.92 Å². The molecule has 6 heteroatoms. The van der Waals surface area contributed by atoms with Crippen LogP contribution in [0.15, 0.2) is 23.7 Å². The van der Waals surface area contributed by atoms with E-state index in [0.29, 0.717) is 26.1 Å². The molecular weight excluding hydrogens is 248 g/mol. The van der Waals surface area contributed by atoms with Gasteiger partial charge in [0.25, 0.3) is 5.91 Å². The minimum absolute atomic E-state index is 0.121. The van der Waals surface area contributed by atoms with Crippen LogP contribution in [0.5, 0.6) is 0 Å². The summed E-state index contributed by atoms with van der Waals surface area (Å²) in [6.45, 7) is 2.96. The first kappa shape index (κ1) is 12.1. The lowest BCUT2D eigenvalue weighted by molar-refractivity contribution is -0.125. The van der Waals surface area contributed by atoms with E-state index in [0.717, 1.165) is 11.5 Å². The van der Waals surface area contributed by atoms with E-state index in [1.807, 2.05) is 19.1 Å². The van der Waals surface area contributed by atoms with Gasteiger partial charge in [-0.1, -0.05) is 13.0 Å². The number of carbonyl (C=O) groups excluding carboxylic acids is 2. The Bertz CT molecular complexity index is 497. The van der Waals surface area contributed by atoms with Crippen LogP contribution < -0.4 is 10.6 Å². The Balaban J connectivity index is 1.87. The van der Waals surface area contributed by atoms with E-state index in [1.165, 1.54) is 0 Å². The zero-order valence-electron chi connectivity index (χ0n) is 10.7. The van der Waals surface area contributed by atoms with Crippen molar-refractivity contribution in [2.24, 2.45) is 5.92 Å². The van der Waals surface area contributed by atoms with Crippen LogP contribution in [-0.4, -0.2) is 30.7 Å². The topological polar surface area (TPSA) is 76.7 Å². The van der Waals surface area contributed by atoms with Crippen molar-refractivity contribution in [3.05, 3.63) is 23.7 Å². The molecule has 2 unspecified atom stereocenters. The lowest BCUT2D eigenvalue weighted by atomic mass is 9.77. The van der Waals surface area contributed by atoms with E-state index in [4.69, 9.17) is 9.47 Å². The van der Waals surface area contributed by atoms with Crippen molar-refractivity contribution in [1.29, 1.82) is 0 Å². The number of rotatable bonds is 2. The third-order valence-corrected chi connectivity index (χ3v) is 3.94. The quantitative estimate of drug-likeness (QED) is 0.724. The minimum atomic E-state index is -0.882. The lowest BCUT2D eigenvalue weighted by Gasteiger charge is -2.35. The molecule has 2 heterocycles. The number of imide groups is 1. The summed E-state index contributed by atoms with van der Waals surface area (Å²) in [4.78, 5) is 23.5. The van der Waals surface area contributed by atoms with Gasteiger partial charge in [0, 0.05) is 12.3 Å². The van der Waals surface area contributed by atoms with Crippen LogP contribution in [0.2, 0.25) is 0 Å². The van der Waals surface area contributed by atoms with Gasteiger partial charge in [0.15, 0.2) is 5.76 Å². The van der Waals surface area contributed by atoms with Gasteiger partial charge in [0.1, 0.15) is 24.5 Å². The Morgan fingerprint density at radius 2 is 2.16 bits per heavy atom. The summed E-state index contributed by atoms with van der Waals surface area (Å²) < 4.78 is 11.1. The van der Waals surface area contributed by atoms with Crippen LogP contribution in [-0.2, 0) is 14.3 Å². The Kier molecular flexibility index (Phi) is 2.73. The Hall–Kier alpha value is -1.98. The van der Waals surface area contributed by atoms with Gasteiger partial charge in [-0.05, 0) is 12.5 Å². The number of ether oxygens (including phenoxy) is 2. The highest BCUT2D eigenvalue weighted by atomic mass is 16.6. The summed E-state index contributed by atoms with van der Waals surface area (Å²) in [5.74, 6) is 1.11. The first-order valence-electron chi connectivity index (χ1n) is 6.46. The lowest BCUT2D eigenvalue weighted by Crippen LogP contribution is -2.52. The highest BCUT2D eigenvalue weighted by Gasteiger charge is 2.50. The molecule has 2 aliphatic heterocycles. The maximum atomic E-state index is 12.1. The van der Waals surface area contributed by atoms with Gasteiger partial charge < -0.3 is 14.8 Å². The number of amides is 3. The molecule has 1 fully saturated rings. The summed E-state index contributed by atoms with van der Waals surface area (Å²) >= 11 is 0. The fourth-order valence-corrected chi connectivity index (χ4v) is 2.86. The molecule has 19 heavy (non-hydrogen) atoms. The molecular formula is C13H16N2O4. The zero-order chi connectivity index (χ0) is 13.5. The van der Waals surface area contributed by atoms with Gasteiger partial charge in [0.2, 0.25) is 0 Å². The number of hydrogen-bond acceptors (Lipinski definition) is 4. The number of urea groups is 1. The predicted octanol–water partition coefficient (Wildman–Crippen LogP) is 0.809. The second-order valence-electron chi connectivity index (χ2n) is 4.89. The molecule has 0 aromatic heterocycles. The fraction of sp³-hybridized carbons (Fsp3) is 0.538. The fourth-order valence-electron chi connectivity index (χ4n) is 2.86. The van der Waals surface area contributed by atoms with Gasteiger partial charge >= 0.3 is 6.03 Å². The van der Waals surface area contributed by atoms with Crippen molar-refractivity contribution < 1.29 is 19.1 Å².